The van der Waals surface area contributed by atoms with Gasteiger partial charge in [-0.1, -0.05) is 0 Å². The molecule has 0 saturated carbocycles. The second-order valence-electron chi connectivity index (χ2n) is 3.92. The Morgan fingerprint density at radius 3 is 2.39 bits per heavy atom. The predicted molar refractivity (Wildman–Crippen MR) is 51.3 cm³/mol. The molecule has 1 saturated heterocycles. The minimum absolute atomic E-state index is 0.178. The van der Waals surface area contributed by atoms with Gasteiger partial charge in [-0.3, -0.25) is 0 Å². The van der Waals surface area contributed by atoms with E-state index in [0.29, 0.717) is 26.1 Å². The number of halogens is 3. The summed E-state index contributed by atoms with van der Waals surface area (Å²) in [6, 6.07) is 0. The minimum atomic E-state index is -4.83. The van der Waals surface area contributed by atoms with Crippen LogP contribution in [0.25, 0.3) is 0 Å². The number of carboxylic acids is 1. The second-order valence-corrected chi connectivity index (χ2v) is 3.92. The van der Waals surface area contributed by atoms with Gasteiger partial charge < -0.3 is 14.3 Å². The largest absolute Gasteiger partial charge is 0.475 e. The lowest BCUT2D eigenvalue weighted by molar-refractivity contribution is -0.141. The topological polar surface area (TPSA) is 72.6 Å². The summed E-state index contributed by atoms with van der Waals surface area (Å²) < 4.78 is 47.6. The Morgan fingerprint density at radius 1 is 1.33 bits per heavy atom. The highest BCUT2D eigenvalue weighted by Gasteiger charge is 2.42. The first-order valence-corrected chi connectivity index (χ1v) is 5.28. The van der Waals surface area contributed by atoms with Crippen LogP contribution in [0.4, 0.5) is 13.2 Å². The molecule has 0 aromatic carbocycles. The monoisotopic (exact) mass is 265 g/mol. The van der Waals surface area contributed by atoms with Crippen LogP contribution < -0.4 is 0 Å². The molecule has 0 bridgehead atoms. The van der Waals surface area contributed by atoms with Gasteiger partial charge in [0.25, 0.3) is 0 Å². The molecular formula is C10H10F3NO4. The van der Waals surface area contributed by atoms with Gasteiger partial charge in [0, 0.05) is 19.1 Å². The van der Waals surface area contributed by atoms with Crippen molar-refractivity contribution in [2.45, 2.75) is 24.9 Å². The van der Waals surface area contributed by atoms with E-state index >= 15 is 0 Å². The molecule has 5 nitrogen and oxygen atoms in total. The van der Waals surface area contributed by atoms with Crippen LogP contribution in [0.3, 0.4) is 0 Å². The fourth-order valence-electron chi connectivity index (χ4n) is 1.79. The number of oxazole rings is 1. The summed E-state index contributed by atoms with van der Waals surface area (Å²) in [6.07, 6.45) is -3.89. The molecule has 0 atom stereocenters. The van der Waals surface area contributed by atoms with Crippen molar-refractivity contribution in [3.05, 3.63) is 17.3 Å². The summed E-state index contributed by atoms with van der Waals surface area (Å²) in [4.78, 5) is 14.0. The fourth-order valence-corrected chi connectivity index (χ4v) is 1.79. The van der Waals surface area contributed by atoms with Crippen molar-refractivity contribution < 1.29 is 32.2 Å². The van der Waals surface area contributed by atoms with Gasteiger partial charge in [-0.15, -0.1) is 0 Å². The highest BCUT2D eigenvalue weighted by atomic mass is 19.4. The third kappa shape index (κ3) is 2.47. The summed E-state index contributed by atoms with van der Waals surface area (Å²) >= 11 is 0. The summed E-state index contributed by atoms with van der Waals surface area (Å²) in [5.41, 5.74) is -1.48. The summed E-state index contributed by atoms with van der Waals surface area (Å²) in [5, 5.41) is 8.68. The van der Waals surface area contributed by atoms with Crippen LogP contribution in [0.15, 0.2) is 4.42 Å². The average Bonchev–Trinajstić information content (AvgIpc) is 2.74. The van der Waals surface area contributed by atoms with Gasteiger partial charge in [0.2, 0.25) is 5.76 Å². The smallest absolute Gasteiger partial charge is 0.437 e. The van der Waals surface area contributed by atoms with E-state index < -0.39 is 23.6 Å². The van der Waals surface area contributed by atoms with E-state index in [1.807, 2.05) is 0 Å². The van der Waals surface area contributed by atoms with Crippen LogP contribution in [0.2, 0.25) is 0 Å². The van der Waals surface area contributed by atoms with Crippen LogP contribution in [0.1, 0.15) is 40.9 Å². The Bertz CT molecular complexity index is 448. The van der Waals surface area contributed by atoms with Crippen molar-refractivity contribution in [1.82, 2.24) is 4.98 Å². The van der Waals surface area contributed by atoms with Crippen LogP contribution in [-0.2, 0) is 10.9 Å². The molecule has 100 valence electrons. The maximum Gasteiger partial charge on any atom is 0.437 e. The number of ether oxygens (including phenoxy) is 1. The van der Waals surface area contributed by atoms with E-state index in [1.165, 1.54) is 0 Å². The molecule has 2 heterocycles. The SMILES string of the molecule is O=C(O)c1oc(C2CCOCC2)nc1C(F)(F)F. The fraction of sp³-hybridized carbons (Fsp3) is 0.600. The quantitative estimate of drug-likeness (QED) is 0.888. The maximum atomic E-state index is 12.6. The van der Waals surface area contributed by atoms with E-state index in [0.717, 1.165) is 0 Å². The Hall–Kier alpha value is -1.57. The number of rotatable bonds is 2. The summed E-state index contributed by atoms with van der Waals surface area (Å²) in [7, 11) is 0. The number of hydrogen-bond acceptors (Lipinski definition) is 4. The summed E-state index contributed by atoms with van der Waals surface area (Å²) in [5.74, 6) is -3.42. The first-order valence-electron chi connectivity index (χ1n) is 5.28. The molecule has 2 rings (SSSR count). The van der Waals surface area contributed by atoms with Gasteiger partial charge in [-0.2, -0.15) is 13.2 Å². The van der Waals surface area contributed by atoms with Gasteiger partial charge in [-0.25, -0.2) is 9.78 Å². The first-order chi connectivity index (χ1) is 8.39. The predicted octanol–water partition coefficient (Wildman–Crippen LogP) is 2.29. The molecule has 8 heteroatoms. The van der Waals surface area contributed by atoms with Gasteiger partial charge in [0.15, 0.2) is 11.6 Å². The lowest BCUT2D eigenvalue weighted by atomic mass is 10.0. The molecule has 0 unspecified atom stereocenters. The Morgan fingerprint density at radius 2 is 1.94 bits per heavy atom. The molecule has 1 aliphatic heterocycles. The highest BCUT2D eigenvalue weighted by molar-refractivity contribution is 5.85. The van der Waals surface area contributed by atoms with Gasteiger partial charge in [0.05, 0.1) is 0 Å². The third-order valence-corrected chi connectivity index (χ3v) is 2.68. The van der Waals surface area contributed by atoms with Crippen molar-refractivity contribution in [3.63, 3.8) is 0 Å². The molecule has 0 amide bonds. The molecule has 1 aliphatic rings. The molecule has 1 N–H and O–H groups in total. The maximum absolute atomic E-state index is 12.6. The molecule has 0 aliphatic carbocycles. The van der Waals surface area contributed by atoms with Crippen molar-refractivity contribution in [2.24, 2.45) is 0 Å². The number of alkyl halides is 3. The number of carboxylic acid groups (broad SMARTS) is 1. The molecule has 0 spiro atoms. The first kappa shape index (κ1) is 12.9. The van der Waals surface area contributed by atoms with Gasteiger partial charge in [-0.05, 0) is 12.8 Å². The van der Waals surface area contributed by atoms with Gasteiger partial charge >= 0.3 is 12.1 Å². The number of carbonyl (C=O) groups is 1. The molecule has 1 fully saturated rings. The minimum Gasteiger partial charge on any atom is -0.475 e. The van der Waals surface area contributed by atoms with Crippen LogP contribution in [0, 0.1) is 0 Å². The van der Waals surface area contributed by atoms with Crippen molar-refractivity contribution in [3.8, 4) is 0 Å². The van der Waals surface area contributed by atoms with E-state index in [9.17, 15) is 18.0 Å². The molecule has 1 aromatic rings. The zero-order valence-corrected chi connectivity index (χ0v) is 9.16. The zero-order valence-electron chi connectivity index (χ0n) is 9.16. The van der Waals surface area contributed by atoms with Crippen LogP contribution in [0.5, 0.6) is 0 Å². The number of aromatic carboxylic acids is 1. The second kappa shape index (κ2) is 4.60. The number of aromatic nitrogens is 1. The van der Waals surface area contributed by atoms with E-state index in [1.54, 1.807) is 0 Å². The van der Waals surface area contributed by atoms with Crippen LogP contribution in [-0.4, -0.2) is 29.3 Å². The van der Waals surface area contributed by atoms with Crippen molar-refractivity contribution >= 4 is 5.97 Å². The normalized spacial score (nSPS) is 17.9. The van der Waals surface area contributed by atoms with Crippen molar-refractivity contribution in [1.29, 1.82) is 0 Å². The molecule has 18 heavy (non-hydrogen) atoms. The standard InChI is InChI=1S/C10H10F3NO4/c11-10(12,13)7-6(9(15)16)18-8(14-7)5-1-3-17-4-2-5/h5H,1-4H2,(H,15,16). The van der Waals surface area contributed by atoms with Crippen molar-refractivity contribution in [2.75, 3.05) is 13.2 Å². The lowest BCUT2D eigenvalue weighted by Crippen LogP contribution is -2.15. The van der Waals surface area contributed by atoms with E-state index in [-0.39, 0.29) is 11.8 Å². The van der Waals surface area contributed by atoms with Crippen LogP contribution >= 0.6 is 0 Å². The Kier molecular flexibility index (Phi) is 3.29. The summed E-state index contributed by atoms with van der Waals surface area (Å²) in [6.45, 7) is 0.799. The molecular weight excluding hydrogens is 255 g/mol. The molecule has 1 aromatic heterocycles. The lowest BCUT2D eigenvalue weighted by Gasteiger charge is -2.18. The van der Waals surface area contributed by atoms with Gasteiger partial charge in [0.1, 0.15) is 0 Å². The van der Waals surface area contributed by atoms with E-state index in [4.69, 9.17) is 14.3 Å². The van der Waals surface area contributed by atoms with E-state index in [2.05, 4.69) is 4.98 Å². The highest BCUT2D eigenvalue weighted by Crippen LogP contribution is 2.35. The zero-order chi connectivity index (χ0) is 13.3. The number of nitrogens with zero attached hydrogens (tertiary/aromatic N) is 1. The number of hydrogen-bond donors (Lipinski definition) is 1. The Balaban J connectivity index is 2.35. The molecule has 0 radical (unpaired) electrons. The average molecular weight is 265 g/mol. The third-order valence-electron chi connectivity index (χ3n) is 2.68. The Labute approximate surface area is 99.6 Å².